The Bertz CT molecular complexity index is 541. The quantitative estimate of drug-likeness (QED) is 0.608. The largest absolute Gasteiger partial charge is 0.399 e. The van der Waals surface area contributed by atoms with Gasteiger partial charge in [-0.15, -0.1) is 11.8 Å². The maximum atomic E-state index is 6.05. The molecule has 0 aliphatic heterocycles. The second-order valence-electron chi connectivity index (χ2n) is 5.04. The summed E-state index contributed by atoms with van der Waals surface area (Å²) in [5, 5.41) is 1.34. The van der Waals surface area contributed by atoms with E-state index in [9.17, 15) is 0 Å². The standard InChI is InChI=1S/C16H24N2S/c1-4-12(5-2)11-18-8-7-14-15(18)9-13(17)10-16(14)19-6-3/h7-10,12H,4-6,11,17H2,1-3H3. The second kappa shape index (κ2) is 6.38. The lowest BCUT2D eigenvalue weighted by molar-refractivity contribution is 0.425. The molecule has 0 bridgehead atoms. The summed E-state index contributed by atoms with van der Waals surface area (Å²) in [5.41, 5.74) is 8.20. The fourth-order valence-electron chi connectivity index (χ4n) is 2.54. The summed E-state index contributed by atoms with van der Waals surface area (Å²) in [5.74, 6) is 1.83. The third-order valence-corrected chi connectivity index (χ3v) is 4.72. The van der Waals surface area contributed by atoms with E-state index in [1.165, 1.54) is 28.6 Å². The fourth-order valence-corrected chi connectivity index (χ4v) is 3.40. The summed E-state index contributed by atoms with van der Waals surface area (Å²) in [6, 6.07) is 6.44. The molecular weight excluding hydrogens is 252 g/mol. The number of benzene rings is 1. The van der Waals surface area contributed by atoms with E-state index in [1.807, 2.05) is 11.8 Å². The minimum Gasteiger partial charge on any atom is -0.399 e. The van der Waals surface area contributed by atoms with E-state index in [4.69, 9.17) is 5.73 Å². The maximum Gasteiger partial charge on any atom is 0.0512 e. The summed E-state index contributed by atoms with van der Waals surface area (Å²) in [6.07, 6.45) is 4.67. The number of nitrogen functional groups attached to an aromatic ring is 1. The van der Waals surface area contributed by atoms with Gasteiger partial charge in [-0.3, -0.25) is 0 Å². The first kappa shape index (κ1) is 14.3. The van der Waals surface area contributed by atoms with Crippen LogP contribution in [0.4, 0.5) is 5.69 Å². The van der Waals surface area contributed by atoms with Crippen LogP contribution in [0.2, 0.25) is 0 Å². The lowest BCUT2D eigenvalue weighted by atomic mass is 10.0. The molecule has 0 spiro atoms. The van der Waals surface area contributed by atoms with E-state index in [0.29, 0.717) is 0 Å². The van der Waals surface area contributed by atoms with Crippen molar-refractivity contribution in [3.63, 3.8) is 0 Å². The number of aromatic nitrogens is 1. The number of hydrogen-bond donors (Lipinski definition) is 1. The van der Waals surface area contributed by atoms with Crippen LogP contribution in [0.5, 0.6) is 0 Å². The highest BCUT2D eigenvalue weighted by molar-refractivity contribution is 7.99. The van der Waals surface area contributed by atoms with Crippen LogP contribution in [0.1, 0.15) is 33.6 Å². The van der Waals surface area contributed by atoms with Gasteiger partial charge in [-0.1, -0.05) is 33.6 Å². The number of rotatable bonds is 6. The van der Waals surface area contributed by atoms with Crippen molar-refractivity contribution in [1.82, 2.24) is 4.57 Å². The predicted octanol–water partition coefficient (Wildman–Crippen LogP) is 4.77. The Morgan fingerprint density at radius 3 is 2.58 bits per heavy atom. The van der Waals surface area contributed by atoms with Gasteiger partial charge >= 0.3 is 0 Å². The van der Waals surface area contributed by atoms with Crippen LogP contribution in [0.25, 0.3) is 10.9 Å². The first-order chi connectivity index (χ1) is 9.19. The van der Waals surface area contributed by atoms with Crippen LogP contribution in [0.3, 0.4) is 0 Å². The zero-order valence-corrected chi connectivity index (χ0v) is 13.0. The van der Waals surface area contributed by atoms with Crippen molar-refractivity contribution in [2.24, 2.45) is 5.92 Å². The predicted molar refractivity (Wildman–Crippen MR) is 86.8 cm³/mol. The molecule has 1 aromatic carbocycles. The highest BCUT2D eigenvalue weighted by atomic mass is 32.2. The SMILES string of the molecule is CCSc1cc(N)cc2c1ccn2CC(CC)CC. The van der Waals surface area contributed by atoms with E-state index in [0.717, 1.165) is 23.9 Å². The lowest BCUT2D eigenvalue weighted by Crippen LogP contribution is -2.08. The van der Waals surface area contributed by atoms with Gasteiger partial charge in [-0.2, -0.15) is 0 Å². The van der Waals surface area contributed by atoms with Crippen LogP contribution < -0.4 is 5.73 Å². The van der Waals surface area contributed by atoms with E-state index in [2.05, 4.69) is 49.7 Å². The number of hydrogen-bond acceptors (Lipinski definition) is 2. The van der Waals surface area contributed by atoms with Crippen molar-refractivity contribution >= 4 is 28.4 Å². The van der Waals surface area contributed by atoms with Crippen LogP contribution in [-0.2, 0) is 6.54 Å². The molecule has 0 fully saturated rings. The Kier molecular flexibility index (Phi) is 4.81. The van der Waals surface area contributed by atoms with Gasteiger partial charge in [0.25, 0.3) is 0 Å². The van der Waals surface area contributed by atoms with Crippen molar-refractivity contribution in [2.75, 3.05) is 11.5 Å². The zero-order chi connectivity index (χ0) is 13.8. The summed E-state index contributed by atoms with van der Waals surface area (Å²) in [4.78, 5) is 1.31. The molecule has 0 atom stereocenters. The Hall–Kier alpha value is -1.09. The number of fused-ring (bicyclic) bond motifs is 1. The molecular formula is C16H24N2S. The average molecular weight is 276 g/mol. The average Bonchev–Trinajstić information content (AvgIpc) is 2.79. The summed E-state index contributed by atoms with van der Waals surface area (Å²) in [6.45, 7) is 7.82. The van der Waals surface area contributed by atoms with Crippen LogP contribution in [0, 0.1) is 5.92 Å². The topological polar surface area (TPSA) is 30.9 Å². The van der Waals surface area contributed by atoms with E-state index in [-0.39, 0.29) is 0 Å². The van der Waals surface area contributed by atoms with Gasteiger partial charge in [-0.05, 0) is 29.9 Å². The molecule has 2 aromatic rings. The normalized spacial score (nSPS) is 11.6. The molecule has 2 rings (SSSR count). The third-order valence-electron chi connectivity index (χ3n) is 3.78. The van der Waals surface area contributed by atoms with Gasteiger partial charge in [0.1, 0.15) is 0 Å². The molecule has 0 saturated carbocycles. The molecule has 104 valence electrons. The molecule has 19 heavy (non-hydrogen) atoms. The van der Waals surface area contributed by atoms with E-state index >= 15 is 0 Å². The maximum absolute atomic E-state index is 6.05. The van der Waals surface area contributed by atoms with Gasteiger partial charge in [0.15, 0.2) is 0 Å². The van der Waals surface area contributed by atoms with Crippen LogP contribution in [0.15, 0.2) is 29.3 Å². The van der Waals surface area contributed by atoms with Crippen molar-refractivity contribution in [2.45, 2.75) is 45.1 Å². The number of nitrogens with zero attached hydrogens (tertiary/aromatic N) is 1. The Balaban J connectivity index is 2.41. The van der Waals surface area contributed by atoms with Crippen molar-refractivity contribution in [3.8, 4) is 0 Å². The zero-order valence-electron chi connectivity index (χ0n) is 12.1. The first-order valence-electron chi connectivity index (χ1n) is 7.20. The van der Waals surface area contributed by atoms with E-state index in [1.54, 1.807) is 0 Å². The number of thioether (sulfide) groups is 1. The van der Waals surface area contributed by atoms with Gasteiger partial charge in [0, 0.05) is 28.7 Å². The fraction of sp³-hybridized carbons (Fsp3) is 0.500. The molecule has 0 amide bonds. The van der Waals surface area contributed by atoms with Crippen molar-refractivity contribution < 1.29 is 0 Å². The molecule has 0 unspecified atom stereocenters. The van der Waals surface area contributed by atoms with Crippen LogP contribution >= 0.6 is 11.8 Å². The molecule has 0 aliphatic carbocycles. The Labute approximate surface area is 120 Å². The van der Waals surface area contributed by atoms with Gasteiger partial charge in [-0.25, -0.2) is 0 Å². The highest BCUT2D eigenvalue weighted by Gasteiger charge is 2.10. The number of anilines is 1. The molecule has 0 saturated heterocycles. The van der Waals surface area contributed by atoms with Gasteiger partial charge in [0.05, 0.1) is 5.52 Å². The van der Waals surface area contributed by atoms with Crippen molar-refractivity contribution in [3.05, 3.63) is 24.4 Å². The van der Waals surface area contributed by atoms with Crippen molar-refractivity contribution in [1.29, 1.82) is 0 Å². The lowest BCUT2D eigenvalue weighted by Gasteiger charge is -2.15. The van der Waals surface area contributed by atoms with E-state index < -0.39 is 0 Å². The van der Waals surface area contributed by atoms with Crippen LogP contribution in [-0.4, -0.2) is 10.3 Å². The summed E-state index contributed by atoms with van der Waals surface area (Å²) in [7, 11) is 0. The molecule has 2 nitrogen and oxygen atoms in total. The minimum absolute atomic E-state index is 0.749. The highest BCUT2D eigenvalue weighted by Crippen LogP contribution is 2.32. The molecule has 0 radical (unpaired) electrons. The smallest absolute Gasteiger partial charge is 0.0512 e. The third kappa shape index (κ3) is 3.08. The summed E-state index contributed by atoms with van der Waals surface area (Å²) >= 11 is 1.87. The number of nitrogens with two attached hydrogens (primary N) is 1. The van der Waals surface area contributed by atoms with Gasteiger partial charge < -0.3 is 10.3 Å². The summed E-state index contributed by atoms with van der Waals surface area (Å²) < 4.78 is 2.36. The molecule has 1 aromatic heterocycles. The Morgan fingerprint density at radius 2 is 1.95 bits per heavy atom. The monoisotopic (exact) mass is 276 g/mol. The Morgan fingerprint density at radius 1 is 1.21 bits per heavy atom. The molecule has 2 N–H and O–H groups in total. The first-order valence-corrected chi connectivity index (χ1v) is 8.19. The molecule has 1 heterocycles. The molecule has 3 heteroatoms. The minimum atomic E-state index is 0.749. The second-order valence-corrected chi connectivity index (χ2v) is 6.34. The molecule has 0 aliphatic rings. The van der Waals surface area contributed by atoms with Gasteiger partial charge in [0.2, 0.25) is 0 Å².